The highest BCUT2D eigenvalue weighted by molar-refractivity contribution is 5.79. The number of guanidine groups is 1. The number of hydrogen-bond donors (Lipinski definition) is 3. The molecule has 8 nitrogen and oxygen atoms in total. The van der Waals surface area contributed by atoms with Crippen LogP contribution in [-0.4, -0.2) is 42.8 Å². The molecule has 0 spiro atoms. The zero-order valence-corrected chi connectivity index (χ0v) is 18.4. The van der Waals surface area contributed by atoms with Crippen LogP contribution < -0.4 is 20.7 Å². The second-order valence-corrected chi connectivity index (χ2v) is 7.66. The summed E-state index contributed by atoms with van der Waals surface area (Å²) in [7, 11) is 1.67. The zero-order chi connectivity index (χ0) is 22.7. The summed E-state index contributed by atoms with van der Waals surface area (Å²) in [6.07, 6.45) is 1.88. The lowest BCUT2D eigenvalue weighted by Crippen LogP contribution is -2.39. The molecule has 168 valence electrons. The van der Waals surface area contributed by atoms with E-state index in [1.165, 1.54) is 12.1 Å². The Morgan fingerprint density at radius 1 is 1.13 bits per heavy atom. The van der Waals surface area contributed by atoms with Crippen molar-refractivity contribution >= 4 is 12.1 Å². The van der Waals surface area contributed by atoms with Gasteiger partial charge < -0.3 is 25.4 Å². The summed E-state index contributed by atoms with van der Waals surface area (Å²) >= 11 is 0. The topological polar surface area (TPSA) is 96.9 Å². The quantitative estimate of drug-likeness (QED) is 0.336. The van der Waals surface area contributed by atoms with Gasteiger partial charge in [-0.3, -0.25) is 4.99 Å². The first-order chi connectivity index (χ1) is 14.8. The van der Waals surface area contributed by atoms with Crippen LogP contribution in [0.15, 0.2) is 47.6 Å². The van der Waals surface area contributed by atoms with Gasteiger partial charge in [-0.2, -0.15) is 0 Å². The number of alkyl carbamates (subject to hydrolysis) is 1. The van der Waals surface area contributed by atoms with Crippen molar-refractivity contribution in [1.82, 2.24) is 20.9 Å². The summed E-state index contributed by atoms with van der Waals surface area (Å²) < 4.78 is 24.3. The standard InChI is InChI=1S/C22H30FN5O3/c1-22(2,3)31-21(29)27-13-7-12-26-20(24-4)28-15-16-8-6-11-25-19(16)30-18-10-5-9-17(23)14-18/h5-6,8-11,14H,7,12-13,15H2,1-4H3,(H,27,29)(H2,24,26,28). The van der Waals surface area contributed by atoms with Gasteiger partial charge in [-0.15, -0.1) is 0 Å². The van der Waals surface area contributed by atoms with Crippen LogP contribution in [0, 0.1) is 5.82 Å². The van der Waals surface area contributed by atoms with Crippen LogP contribution >= 0.6 is 0 Å². The number of nitrogens with one attached hydrogen (secondary N) is 3. The molecule has 31 heavy (non-hydrogen) atoms. The Bertz CT molecular complexity index is 883. The Balaban J connectivity index is 1.78. The van der Waals surface area contributed by atoms with E-state index in [0.717, 1.165) is 5.56 Å². The number of ether oxygens (including phenoxy) is 2. The summed E-state index contributed by atoms with van der Waals surface area (Å²) in [6, 6.07) is 9.57. The Hall–Kier alpha value is -3.36. The Labute approximate surface area is 182 Å². The number of aliphatic imine (C=N–C) groups is 1. The molecule has 0 aliphatic carbocycles. The predicted molar refractivity (Wildman–Crippen MR) is 118 cm³/mol. The molecule has 1 heterocycles. The smallest absolute Gasteiger partial charge is 0.407 e. The third-order valence-electron chi connectivity index (χ3n) is 3.84. The Kier molecular flexibility index (Phi) is 9.05. The summed E-state index contributed by atoms with van der Waals surface area (Å²) in [4.78, 5) is 20.0. The highest BCUT2D eigenvalue weighted by Crippen LogP contribution is 2.23. The van der Waals surface area contributed by atoms with Crippen molar-refractivity contribution < 1.29 is 18.7 Å². The van der Waals surface area contributed by atoms with E-state index in [-0.39, 0.29) is 5.82 Å². The normalized spacial score (nSPS) is 11.6. The average Bonchev–Trinajstić information content (AvgIpc) is 2.70. The molecule has 0 bridgehead atoms. The van der Waals surface area contributed by atoms with Gasteiger partial charge in [0.05, 0.1) is 0 Å². The lowest BCUT2D eigenvalue weighted by atomic mass is 10.2. The monoisotopic (exact) mass is 431 g/mol. The van der Waals surface area contributed by atoms with Crippen molar-refractivity contribution in [2.75, 3.05) is 20.1 Å². The van der Waals surface area contributed by atoms with Crippen molar-refractivity contribution in [2.45, 2.75) is 39.3 Å². The van der Waals surface area contributed by atoms with E-state index in [4.69, 9.17) is 9.47 Å². The van der Waals surface area contributed by atoms with E-state index in [9.17, 15) is 9.18 Å². The van der Waals surface area contributed by atoms with Crippen LogP contribution in [0.1, 0.15) is 32.8 Å². The number of aromatic nitrogens is 1. The third kappa shape index (κ3) is 9.33. The summed E-state index contributed by atoms with van der Waals surface area (Å²) in [5.41, 5.74) is 0.277. The van der Waals surface area contributed by atoms with Gasteiger partial charge in [0.25, 0.3) is 0 Å². The van der Waals surface area contributed by atoms with Crippen molar-refractivity contribution in [3.63, 3.8) is 0 Å². The van der Waals surface area contributed by atoms with Gasteiger partial charge in [-0.1, -0.05) is 12.1 Å². The minimum Gasteiger partial charge on any atom is -0.444 e. The summed E-state index contributed by atoms with van der Waals surface area (Å²) in [6.45, 7) is 6.96. The Morgan fingerprint density at radius 2 is 1.90 bits per heavy atom. The molecule has 0 fully saturated rings. The predicted octanol–water partition coefficient (Wildman–Crippen LogP) is 3.59. The summed E-state index contributed by atoms with van der Waals surface area (Å²) in [5, 5.41) is 9.07. The largest absolute Gasteiger partial charge is 0.444 e. The van der Waals surface area contributed by atoms with Gasteiger partial charge >= 0.3 is 6.09 Å². The van der Waals surface area contributed by atoms with Gasteiger partial charge in [-0.05, 0) is 45.4 Å². The van der Waals surface area contributed by atoms with E-state index in [0.29, 0.717) is 43.6 Å². The number of carbonyl (C=O) groups excluding carboxylic acids is 1. The molecule has 0 unspecified atom stereocenters. The molecular formula is C22H30FN5O3. The van der Waals surface area contributed by atoms with Crippen molar-refractivity contribution in [3.05, 3.63) is 54.0 Å². The molecule has 0 radical (unpaired) electrons. The van der Waals surface area contributed by atoms with Gasteiger partial charge in [0, 0.05) is 44.5 Å². The number of hydrogen-bond acceptors (Lipinski definition) is 5. The molecule has 3 N–H and O–H groups in total. The average molecular weight is 432 g/mol. The maximum absolute atomic E-state index is 13.4. The fourth-order valence-corrected chi connectivity index (χ4v) is 2.49. The molecule has 0 aliphatic heterocycles. The highest BCUT2D eigenvalue weighted by atomic mass is 19.1. The first kappa shape index (κ1) is 23.9. The van der Waals surface area contributed by atoms with Gasteiger partial charge in [-0.25, -0.2) is 14.2 Å². The fourth-order valence-electron chi connectivity index (χ4n) is 2.49. The molecule has 0 saturated heterocycles. The number of benzene rings is 1. The van der Waals surface area contributed by atoms with E-state index in [2.05, 4.69) is 25.9 Å². The SMILES string of the molecule is CN=C(NCCCNC(=O)OC(C)(C)C)NCc1cccnc1Oc1cccc(F)c1. The van der Waals surface area contributed by atoms with Gasteiger partial charge in [0.15, 0.2) is 5.96 Å². The van der Waals surface area contributed by atoms with E-state index in [1.54, 1.807) is 31.4 Å². The molecule has 9 heteroatoms. The number of halogens is 1. The summed E-state index contributed by atoms with van der Waals surface area (Å²) in [5.74, 6) is 0.981. The van der Waals surface area contributed by atoms with Crippen LogP contribution in [-0.2, 0) is 11.3 Å². The van der Waals surface area contributed by atoms with Crippen LogP contribution in [0.25, 0.3) is 0 Å². The third-order valence-corrected chi connectivity index (χ3v) is 3.84. The molecular weight excluding hydrogens is 401 g/mol. The molecule has 0 saturated carbocycles. The van der Waals surface area contributed by atoms with Crippen LogP contribution in [0.2, 0.25) is 0 Å². The maximum atomic E-state index is 13.4. The second kappa shape index (κ2) is 11.7. The molecule has 2 aromatic rings. The van der Waals surface area contributed by atoms with E-state index < -0.39 is 11.7 Å². The molecule has 0 atom stereocenters. The minimum absolute atomic E-state index is 0.375. The van der Waals surface area contributed by atoms with Crippen LogP contribution in [0.3, 0.4) is 0 Å². The number of nitrogens with zero attached hydrogens (tertiary/aromatic N) is 2. The first-order valence-corrected chi connectivity index (χ1v) is 10.1. The fraction of sp³-hybridized carbons (Fsp3) is 0.409. The maximum Gasteiger partial charge on any atom is 0.407 e. The van der Waals surface area contributed by atoms with E-state index >= 15 is 0 Å². The van der Waals surface area contributed by atoms with Crippen molar-refractivity contribution in [2.24, 2.45) is 4.99 Å². The van der Waals surface area contributed by atoms with Crippen LogP contribution in [0.5, 0.6) is 11.6 Å². The van der Waals surface area contributed by atoms with Crippen molar-refractivity contribution in [1.29, 1.82) is 0 Å². The lowest BCUT2D eigenvalue weighted by Gasteiger charge is -2.19. The minimum atomic E-state index is -0.516. The number of amides is 1. The number of carbonyl (C=O) groups is 1. The molecule has 0 aliphatic rings. The lowest BCUT2D eigenvalue weighted by molar-refractivity contribution is 0.0527. The number of rotatable bonds is 8. The van der Waals surface area contributed by atoms with Gasteiger partial charge in [0.1, 0.15) is 17.2 Å². The first-order valence-electron chi connectivity index (χ1n) is 10.1. The second-order valence-electron chi connectivity index (χ2n) is 7.66. The molecule has 1 amide bonds. The zero-order valence-electron chi connectivity index (χ0n) is 18.4. The van der Waals surface area contributed by atoms with Gasteiger partial charge in [0.2, 0.25) is 5.88 Å². The van der Waals surface area contributed by atoms with E-state index in [1.807, 2.05) is 26.8 Å². The van der Waals surface area contributed by atoms with Crippen molar-refractivity contribution in [3.8, 4) is 11.6 Å². The Morgan fingerprint density at radius 3 is 2.61 bits per heavy atom. The number of pyridine rings is 1. The molecule has 1 aromatic heterocycles. The highest BCUT2D eigenvalue weighted by Gasteiger charge is 2.15. The molecule has 2 rings (SSSR count). The molecule has 1 aromatic carbocycles. The van der Waals surface area contributed by atoms with Crippen LogP contribution in [0.4, 0.5) is 9.18 Å².